The van der Waals surface area contributed by atoms with E-state index >= 15 is 0 Å². The van der Waals surface area contributed by atoms with E-state index in [4.69, 9.17) is 0 Å². The third-order valence-corrected chi connectivity index (χ3v) is 4.00. The lowest BCUT2D eigenvalue weighted by Crippen LogP contribution is -2.06. The van der Waals surface area contributed by atoms with Crippen LogP contribution in [0, 0.1) is 0 Å². The Kier molecular flexibility index (Phi) is 2.97. The summed E-state index contributed by atoms with van der Waals surface area (Å²) >= 11 is 1.89. The standard InChI is InChI=1S/C15H13NS/c1-3-7-12(8-4-1)14-15(17-11-16-14)13-9-5-2-6-10-13/h1-10,15H,11H2. The first-order valence-corrected chi connectivity index (χ1v) is 6.76. The van der Waals surface area contributed by atoms with Crippen LogP contribution >= 0.6 is 11.8 Å². The van der Waals surface area contributed by atoms with Gasteiger partial charge in [0.1, 0.15) is 0 Å². The lowest BCUT2D eigenvalue weighted by molar-refractivity contribution is 1.29. The number of hydrogen-bond donors (Lipinski definition) is 0. The van der Waals surface area contributed by atoms with Crippen LogP contribution in [-0.4, -0.2) is 11.6 Å². The van der Waals surface area contributed by atoms with Crippen LogP contribution in [0.15, 0.2) is 65.7 Å². The van der Waals surface area contributed by atoms with E-state index in [-0.39, 0.29) is 0 Å². The molecule has 2 heteroatoms. The Morgan fingerprint density at radius 3 is 2.24 bits per heavy atom. The summed E-state index contributed by atoms with van der Waals surface area (Å²) < 4.78 is 0. The molecule has 0 fully saturated rings. The van der Waals surface area contributed by atoms with Gasteiger partial charge in [-0.15, -0.1) is 11.8 Å². The van der Waals surface area contributed by atoms with Gasteiger partial charge in [0.05, 0.1) is 16.8 Å². The average Bonchev–Trinajstić information content (AvgIpc) is 2.90. The molecule has 0 saturated carbocycles. The topological polar surface area (TPSA) is 12.4 Å². The van der Waals surface area contributed by atoms with Crippen LogP contribution < -0.4 is 0 Å². The van der Waals surface area contributed by atoms with E-state index in [2.05, 4.69) is 59.6 Å². The Bertz CT molecular complexity index is 519. The predicted octanol–water partition coefficient (Wildman–Crippen LogP) is 3.92. The van der Waals surface area contributed by atoms with Crippen molar-refractivity contribution in [2.75, 3.05) is 5.88 Å². The first-order valence-electron chi connectivity index (χ1n) is 5.71. The molecule has 2 aromatic rings. The van der Waals surface area contributed by atoms with Crippen molar-refractivity contribution < 1.29 is 0 Å². The number of rotatable bonds is 2. The Morgan fingerprint density at radius 2 is 1.53 bits per heavy atom. The zero-order valence-electron chi connectivity index (χ0n) is 9.41. The van der Waals surface area contributed by atoms with E-state index in [0.29, 0.717) is 5.25 Å². The van der Waals surface area contributed by atoms with Crippen molar-refractivity contribution in [2.45, 2.75) is 5.25 Å². The molecule has 0 saturated heterocycles. The lowest BCUT2D eigenvalue weighted by atomic mass is 10.0. The molecule has 1 aliphatic heterocycles. The maximum atomic E-state index is 4.64. The van der Waals surface area contributed by atoms with Gasteiger partial charge >= 0.3 is 0 Å². The molecule has 1 atom stereocenters. The van der Waals surface area contributed by atoms with E-state index in [0.717, 1.165) is 5.88 Å². The van der Waals surface area contributed by atoms with E-state index in [1.807, 2.05) is 17.8 Å². The van der Waals surface area contributed by atoms with Gasteiger partial charge in [0.15, 0.2) is 0 Å². The lowest BCUT2D eigenvalue weighted by Gasteiger charge is -2.12. The Morgan fingerprint density at radius 1 is 0.882 bits per heavy atom. The van der Waals surface area contributed by atoms with Gasteiger partial charge in [-0.05, 0) is 11.1 Å². The molecule has 84 valence electrons. The van der Waals surface area contributed by atoms with Crippen LogP contribution in [0.3, 0.4) is 0 Å². The highest BCUT2D eigenvalue weighted by atomic mass is 32.2. The van der Waals surface area contributed by atoms with E-state index in [1.54, 1.807) is 0 Å². The van der Waals surface area contributed by atoms with Gasteiger partial charge in [-0.1, -0.05) is 60.7 Å². The first kappa shape index (κ1) is 10.6. The van der Waals surface area contributed by atoms with Gasteiger partial charge in [0.25, 0.3) is 0 Å². The molecule has 0 aromatic heterocycles. The predicted molar refractivity (Wildman–Crippen MR) is 74.6 cm³/mol. The average molecular weight is 239 g/mol. The Balaban J connectivity index is 1.96. The van der Waals surface area contributed by atoms with Crippen LogP contribution in [0.4, 0.5) is 0 Å². The summed E-state index contributed by atoms with van der Waals surface area (Å²) in [4.78, 5) is 4.64. The maximum Gasteiger partial charge on any atom is 0.0858 e. The fourth-order valence-corrected chi connectivity index (χ4v) is 3.16. The van der Waals surface area contributed by atoms with Crippen molar-refractivity contribution in [1.29, 1.82) is 0 Å². The van der Waals surface area contributed by atoms with E-state index in [1.165, 1.54) is 16.8 Å². The van der Waals surface area contributed by atoms with Crippen LogP contribution in [0.1, 0.15) is 16.4 Å². The minimum Gasteiger partial charge on any atom is -0.277 e. The third-order valence-electron chi connectivity index (χ3n) is 2.90. The molecule has 2 aromatic carbocycles. The van der Waals surface area contributed by atoms with E-state index in [9.17, 15) is 0 Å². The van der Waals surface area contributed by atoms with Gasteiger partial charge < -0.3 is 0 Å². The molecule has 17 heavy (non-hydrogen) atoms. The molecule has 0 spiro atoms. The number of hydrogen-bond acceptors (Lipinski definition) is 2. The number of nitrogens with zero attached hydrogens (tertiary/aromatic N) is 1. The SMILES string of the molecule is c1ccc(C2=NCSC2c2ccccc2)cc1. The van der Waals surface area contributed by atoms with Gasteiger partial charge in [-0.2, -0.15) is 0 Å². The van der Waals surface area contributed by atoms with Gasteiger partial charge in [0, 0.05) is 0 Å². The van der Waals surface area contributed by atoms with Crippen LogP contribution in [0.2, 0.25) is 0 Å². The fourth-order valence-electron chi connectivity index (χ4n) is 2.08. The van der Waals surface area contributed by atoms with Crippen LogP contribution in [0.5, 0.6) is 0 Å². The first-order chi connectivity index (χ1) is 8.45. The van der Waals surface area contributed by atoms with Crippen LogP contribution in [-0.2, 0) is 0 Å². The molecule has 0 aliphatic carbocycles. The van der Waals surface area contributed by atoms with Crippen molar-refractivity contribution >= 4 is 17.5 Å². The molecule has 0 amide bonds. The minimum absolute atomic E-state index is 0.388. The number of benzene rings is 2. The Hall–Kier alpha value is -1.54. The number of thioether (sulfide) groups is 1. The molecule has 1 nitrogen and oxygen atoms in total. The molecule has 3 rings (SSSR count). The van der Waals surface area contributed by atoms with Gasteiger partial charge in [-0.3, -0.25) is 4.99 Å². The summed E-state index contributed by atoms with van der Waals surface area (Å²) in [5, 5.41) is 0.388. The van der Waals surface area contributed by atoms with Gasteiger partial charge in [0.2, 0.25) is 0 Å². The molecule has 1 heterocycles. The summed E-state index contributed by atoms with van der Waals surface area (Å²) in [6.45, 7) is 0. The Labute approximate surface area is 106 Å². The second kappa shape index (κ2) is 4.76. The summed E-state index contributed by atoms with van der Waals surface area (Å²) in [6.07, 6.45) is 0. The van der Waals surface area contributed by atoms with Crippen molar-refractivity contribution in [1.82, 2.24) is 0 Å². The largest absolute Gasteiger partial charge is 0.277 e. The third kappa shape index (κ3) is 2.13. The second-order valence-corrected chi connectivity index (χ2v) is 5.06. The monoisotopic (exact) mass is 239 g/mol. The highest BCUT2D eigenvalue weighted by molar-refractivity contribution is 8.00. The molecule has 0 radical (unpaired) electrons. The van der Waals surface area contributed by atoms with Crippen molar-refractivity contribution in [2.24, 2.45) is 4.99 Å². The summed E-state index contributed by atoms with van der Waals surface area (Å²) in [5.74, 6) is 0.865. The smallest absolute Gasteiger partial charge is 0.0858 e. The van der Waals surface area contributed by atoms with Gasteiger partial charge in [-0.25, -0.2) is 0 Å². The van der Waals surface area contributed by atoms with Crippen molar-refractivity contribution in [3.8, 4) is 0 Å². The number of aliphatic imine (C=N–C) groups is 1. The van der Waals surface area contributed by atoms with Crippen LogP contribution in [0.25, 0.3) is 0 Å². The second-order valence-electron chi connectivity index (χ2n) is 4.00. The molecule has 0 bridgehead atoms. The molecule has 0 N–H and O–H groups in total. The molecular weight excluding hydrogens is 226 g/mol. The zero-order valence-corrected chi connectivity index (χ0v) is 10.2. The minimum atomic E-state index is 0.388. The van der Waals surface area contributed by atoms with Crippen molar-refractivity contribution in [3.05, 3.63) is 71.8 Å². The maximum absolute atomic E-state index is 4.64. The fraction of sp³-hybridized carbons (Fsp3) is 0.133. The quantitative estimate of drug-likeness (QED) is 0.773. The normalized spacial score (nSPS) is 19.1. The molecule has 1 unspecified atom stereocenters. The highest BCUT2D eigenvalue weighted by Crippen LogP contribution is 2.37. The highest BCUT2D eigenvalue weighted by Gasteiger charge is 2.24. The molecular formula is C15H13NS. The van der Waals surface area contributed by atoms with E-state index < -0.39 is 0 Å². The summed E-state index contributed by atoms with van der Waals surface area (Å²) in [7, 11) is 0. The zero-order chi connectivity index (χ0) is 11.5. The van der Waals surface area contributed by atoms with Crippen molar-refractivity contribution in [3.63, 3.8) is 0 Å². The summed E-state index contributed by atoms with van der Waals surface area (Å²) in [6, 6.07) is 21.1. The molecule has 1 aliphatic rings. The summed E-state index contributed by atoms with van der Waals surface area (Å²) in [5.41, 5.74) is 3.80.